The number of primary sulfonamides is 1. The van der Waals surface area contributed by atoms with Crippen LogP contribution in [0.15, 0.2) is 64.4 Å². The van der Waals surface area contributed by atoms with Crippen LogP contribution in [0, 0.1) is 13.8 Å². The molecule has 4 N–H and O–H groups in total. The minimum Gasteiger partial charge on any atom is -0.494 e. The lowest BCUT2D eigenvalue weighted by Crippen LogP contribution is -2.16. The SMILES string of the molecule is COc1c(C)cc(C(=O)O)c(C)c1NS(=O)(=O)c1ccc(-c2ccc(S(N)(=O)=O)cc2)cc1. The van der Waals surface area contributed by atoms with Crippen LogP contribution in [-0.4, -0.2) is 35.0 Å². The zero-order valence-electron chi connectivity index (χ0n) is 18.0. The summed E-state index contributed by atoms with van der Waals surface area (Å²) in [6.07, 6.45) is 0. The number of aryl methyl sites for hydroxylation is 1. The van der Waals surface area contributed by atoms with Crippen molar-refractivity contribution in [1.82, 2.24) is 0 Å². The van der Waals surface area contributed by atoms with Crippen LogP contribution in [0.1, 0.15) is 21.5 Å². The fraction of sp³-hybridized carbons (Fsp3) is 0.136. The first-order chi connectivity index (χ1) is 15.3. The summed E-state index contributed by atoms with van der Waals surface area (Å²) in [5.74, 6) is -0.954. The number of methoxy groups -OCH3 is 1. The van der Waals surface area contributed by atoms with Crippen molar-refractivity contribution >= 4 is 31.7 Å². The van der Waals surface area contributed by atoms with E-state index in [1.54, 1.807) is 31.2 Å². The highest BCUT2D eigenvalue weighted by atomic mass is 32.2. The zero-order chi connectivity index (χ0) is 24.6. The van der Waals surface area contributed by atoms with E-state index in [-0.39, 0.29) is 32.4 Å². The van der Waals surface area contributed by atoms with E-state index < -0.39 is 26.0 Å². The number of hydrogen-bond acceptors (Lipinski definition) is 6. The van der Waals surface area contributed by atoms with Gasteiger partial charge in [0.2, 0.25) is 10.0 Å². The Labute approximate surface area is 191 Å². The molecule has 0 aliphatic heterocycles. The molecule has 0 saturated carbocycles. The molecule has 0 bridgehead atoms. The van der Waals surface area contributed by atoms with Gasteiger partial charge in [0.25, 0.3) is 10.0 Å². The first-order valence-corrected chi connectivity index (χ1v) is 12.6. The molecule has 0 spiro atoms. The summed E-state index contributed by atoms with van der Waals surface area (Å²) in [4.78, 5) is 11.5. The molecule has 3 rings (SSSR count). The number of carboxylic acids is 1. The van der Waals surface area contributed by atoms with Gasteiger partial charge < -0.3 is 9.84 Å². The minimum absolute atomic E-state index is 0.0298. The van der Waals surface area contributed by atoms with E-state index in [2.05, 4.69) is 4.72 Å². The number of sulfonamides is 2. The molecular formula is C22H22N2O7S2. The van der Waals surface area contributed by atoms with Crippen molar-refractivity contribution in [3.8, 4) is 16.9 Å². The highest BCUT2D eigenvalue weighted by Crippen LogP contribution is 2.36. The molecule has 0 heterocycles. The molecule has 0 atom stereocenters. The monoisotopic (exact) mass is 490 g/mol. The maximum Gasteiger partial charge on any atom is 0.336 e. The minimum atomic E-state index is -4.07. The first-order valence-electron chi connectivity index (χ1n) is 9.52. The van der Waals surface area contributed by atoms with Crippen LogP contribution >= 0.6 is 0 Å². The molecule has 0 radical (unpaired) electrons. The fourth-order valence-electron chi connectivity index (χ4n) is 3.36. The normalized spacial score (nSPS) is 11.8. The lowest BCUT2D eigenvalue weighted by atomic mass is 10.0. The number of anilines is 1. The summed E-state index contributed by atoms with van der Waals surface area (Å²) in [7, 11) is -6.51. The van der Waals surface area contributed by atoms with Gasteiger partial charge in [-0.05, 0) is 66.4 Å². The zero-order valence-corrected chi connectivity index (χ0v) is 19.6. The summed E-state index contributed by atoms with van der Waals surface area (Å²) >= 11 is 0. The number of nitrogens with one attached hydrogen (secondary N) is 1. The van der Waals surface area contributed by atoms with E-state index in [0.717, 1.165) is 0 Å². The molecular weight excluding hydrogens is 468 g/mol. The smallest absolute Gasteiger partial charge is 0.336 e. The molecule has 0 aliphatic carbocycles. The largest absolute Gasteiger partial charge is 0.494 e. The fourth-order valence-corrected chi connectivity index (χ4v) is 5.00. The van der Waals surface area contributed by atoms with Gasteiger partial charge in [-0.15, -0.1) is 0 Å². The first kappa shape index (κ1) is 24.2. The number of rotatable bonds is 7. The third kappa shape index (κ3) is 5.00. The van der Waals surface area contributed by atoms with Crippen molar-refractivity contribution in [3.05, 3.63) is 71.3 Å². The van der Waals surface area contributed by atoms with Crippen LogP contribution in [0.2, 0.25) is 0 Å². The number of carbonyl (C=O) groups is 1. The van der Waals surface area contributed by atoms with Crippen LogP contribution in [0.4, 0.5) is 5.69 Å². The van der Waals surface area contributed by atoms with Gasteiger partial charge in [0.1, 0.15) is 5.75 Å². The van der Waals surface area contributed by atoms with Crippen molar-refractivity contribution in [2.24, 2.45) is 5.14 Å². The van der Waals surface area contributed by atoms with Gasteiger partial charge in [-0.1, -0.05) is 24.3 Å². The summed E-state index contributed by atoms with van der Waals surface area (Å²) in [6.45, 7) is 3.12. The molecule has 0 saturated heterocycles. The van der Waals surface area contributed by atoms with Crippen molar-refractivity contribution in [3.63, 3.8) is 0 Å². The van der Waals surface area contributed by atoms with E-state index >= 15 is 0 Å². The number of carboxylic acid groups (broad SMARTS) is 1. The second-order valence-electron chi connectivity index (χ2n) is 7.28. The number of hydrogen-bond donors (Lipinski definition) is 3. The van der Waals surface area contributed by atoms with Crippen LogP contribution in [-0.2, 0) is 20.0 Å². The molecule has 3 aromatic rings. The van der Waals surface area contributed by atoms with Crippen molar-refractivity contribution in [2.45, 2.75) is 23.6 Å². The second-order valence-corrected chi connectivity index (χ2v) is 10.5. The second kappa shape index (κ2) is 8.85. The Hall–Kier alpha value is -3.41. The van der Waals surface area contributed by atoms with Gasteiger partial charge in [0, 0.05) is 0 Å². The Kier molecular flexibility index (Phi) is 6.50. The highest BCUT2D eigenvalue weighted by Gasteiger charge is 2.23. The molecule has 0 amide bonds. The van der Waals surface area contributed by atoms with E-state index in [0.29, 0.717) is 16.7 Å². The Morgan fingerprint density at radius 1 is 0.909 bits per heavy atom. The quantitative estimate of drug-likeness (QED) is 0.460. The summed E-state index contributed by atoms with van der Waals surface area (Å²) < 4.78 is 56.6. The van der Waals surface area contributed by atoms with E-state index in [1.165, 1.54) is 44.4 Å². The van der Waals surface area contributed by atoms with Crippen LogP contribution in [0.3, 0.4) is 0 Å². The van der Waals surface area contributed by atoms with Crippen LogP contribution in [0.25, 0.3) is 11.1 Å². The van der Waals surface area contributed by atoms with E-state index in [9.17, 15) is 26.7 Å². The molecule has 0 aromatic heterocycles. The highest BCUT2D eigenvalue weighted by molar-refractivity contribution is 7.92. The lowest BCUT2D eigenvalue weighted by Gasteiger charge is -2.18. The van der Waals surface area contributed by atoms with E-state index in [4.69, 9.17) is 9.88 Å². The Morgan fingerprint density at radius 2 is 1.39 bits per heavy atom. The maximum absolute atomic E-state index is 13.0. The third-order valence-corrected chi connectivity index (χ3v) is 7.37. The van der Waals surface area contributed by atoms with Gasteiger partial charge in [-0.25, -0.2) is 26.8 Å². The molecule has 0 unspecified atom stereocenters. The van der Waals surface area contributed by atoms with Gasteiger partial charge in [-0.3, -0.25) is 4.72 Å². The average Bonchev–Trinajstić information content (AvgIpc) is 2.75. The van der Waals surface area contributed by atoms with Crippen molar-refractivity contribution in [2.75, 3.05) is 11.8 Å². The average molecular weight is 491 g/mol. The van der Waals surface area contributed by atoms with Gasteiger partial charge in [0.15, 0.2) is 0 Å². The molecule has 0 fully saturated rings. The molecule has 3 aromatic carbocycles. The topological polar surface area (TPSA) is 153 Å². The summed E-state index contributed by atoms with van der Waals surface area (Å²) in [5.41, 5.74) is 2.03. The molecule has 0 aliphatic rings. The van der Waals surface area contributed by atoms with Gasteiger partial charge in [0.05, 0.1) is 28.2 Å². The van der Waals surface area contributed by atoms with E-state index in [1.807, 2.05) is 0 Å². The Bertz CT molecular complexity index is 1430. The predicted molar refractivity (Wildman–Crippen MR) is 123 cm³/mol. The molecule has 174 valence electrons. The maximum atomic E-state index is 13.0. The Morgan fingerprint density at radius 3 is 1.82 bits per heavy atom. The Balaban J connectivity index is 1.96. The number of aromatic carboxylic acids is 1. The summed E-state index contributed by atoms with van der Waals surface area (Å²) in [6, 6.07) is 13.2. The van der Waals surface area contributed by atoms with Crippen molar-refractivity contribution < 1.29 is 31.5 Å². The molecule has 11 heteroatoms. The van der Waals surface area contributed by atoms with Gasteiger partial charge in [-0.2, -0.15) is 0 Å². The predicted octanol–water partition coefficient (Wildman–Crippen LogP) is 3.13. The molecule has 33 heavy (non-hydrogen) atoms. The van der Waals surface area contributed by atoms with Crippen LogP contribution < -0.4 is 14.6 Å². The summed E-state index contributed by atoms with van der Waals surface area (Å²) in [5, 5.41) is 14.5. The lowest BCUT2D eigenvalue weighted by molar-refractivity contribution is 0.0696. The van der Waals surface area contributed by atoms with Gasteiger partial charge >= 0.3 is 5.97 Å². The number of benzene rings is 3. The van der Waals surface area contributed by atoms with Crippen molar-refractivity contribution in [1.29, 1.82) is 0 Å². The molecule has 9 nitrogen and oxygen atoms in total. The van der Waals surface area contributed by atoms with Crippen LogP contribution in [0.5, 0.6) is 5.75 Å². The number of ether oxygens (including phenoxy) is 1. The standard InChI is InChI=1S/C22H22N2O7S2/c1-13-12-19(22(25)26)14(2)20(21(13)31-3)24-33(29,30)18-10-6-16(7-11-18)15-4-8-17(9-5-15)32(23,27)28/h4-12,24H,1-3H3,(H,25,26)(H2,23,27,28). The third-order valence-electron chi connectivity index (χ3n) is 5.08. The number of nitrogens with two attached hydrogens (primary N) is 1.